The van der Waals surface area contributed by atoms with Gasteiger partial charge in [-0.2, -0.15) is 4.52 Å². The number of hydrogen-bond acceptors (Lipinski definition) is 7. The Labute approximate surface area is 186 Å². The monoisotopic (exact) mass is 436 g/mol. The van der Waals surface area contributed by atoms with Crippen LogP contribution in [0.2, 0.25) is 0 Å². The van der Waals surface area contributed by atoms with Crippen molar-refractivity contribution in [3.05, 3.63) is 47.8 Å². The van der Waals surface area contributed by atoms with Crippen LogP contribution in [0.3, 0.4) is 0 Å². The minimum Gasteiger partial charge on any atom is -0.462 e. The first-order valence-corrected chi connectivity index (χ1v) is 11.1. The number of amides is 1. The van der Waals surface area contributed by atoms with Crippen LogP contribution in [0.25, 0.3) is 5.65 Å². The van der Waals surface area contributed by atoms with E-state index in [1.807, 2.05) is 26.0 Å². The fraction of sp³-hybridized carbons (Fsp3) is 0.435. The Balaban J connectivity index is 1.36. The first-order valence-electron chi connectivity index (χ1n) is 11.1. The molecule has 0 bridgehead atoms. The standard InChI is InChI=1S/C23H28N6O3/c1-3-4-14-32-23(31)17-7-9-19(10-8-17)24-22(30)18-6-5-13-28(15-18)21-12-11-20-26-25-16(2)29(20)27-21/h7-12,18H,3-6,13-15H2,1-2H3,(H,24,30). The summed E-state index contributed by atoms with van der Waals surface area (Å²) in [7, 11) is 0. The van der Waals surface area contributed by atoms with E-state index in [0.717, 1.165) is 43.9 Å². The lowest BCUT2D eigenvalue weighted by Gasteiger charge is -2.32. The predicted molar refractivity (Wildman–Crippen MR) is 121 cm³/mol. The maximum atomic E-state index is 12.9. The number of carbonyl (C=O) groups is 2. The third kappa shape index (κ3) is 4.87. The smallest absolute Gasteiger partial charge is 0.338 e. The summed E-state index contributed by atoms with van der Waals surface area (Å²) >= 11 is 0. The number of fused-ring (bicyclic) bond motifs is 1. The van der Waals surface area contributed by atoms with E-state index in [9.17, 15) is 9.59 Å². The lowest BCUT2D eigenvalue weighted by molar-refractivity contribution is -0.120. The second-order valence-electron chi connectivity index (χ2n) is 8.05. The number of unbranched alkanes of at least 4 members (excludes halogenated alkanes) is 1. The molecule has 32 heavy (non-hydrogen) atoms. The van der Waals surface area contributed by atoms with Crippen LogP contribution in [0.1, 0.15) is 48.8 Å². The number of benzene rings is 1. The zero-order valence-electron chi connectivity index (χ0n) is 18.5. The van der Waals surface area contributed by atoms with E-state index in [-0.39, 0.29) is 17.8 Å². The van der Waals surface area contributed by atoms with Crippen molar-refractivity contribution in [2.24, 2.45) is 5.92 Å². The highest BCUT2D eigenvalue weighted by Gasteiger charge is 2.27. The van der Waals surface area contributed by atoms with Gasteiger partial charge in [-0.15, -0.1) is 15.3 Å². The van der Waals surface area contributed by atoms with Gasteiger partial charge in [0.1, 0.15) is 5.82 Å². The Morgan fingerprint density at radius 2 is 1.97 bits per heavy atom. The highest BCUT2D eigenvalue weighted by molar-refractivity contribution is 5.94. The molecule has 1 fully saturated rings. The Hall–Kier alpha value is -3.49. The van der Waals surface area contributed by atoms with Gasteiger partial charge in [0.05, 0.1) is 18.1 Å². The van der Waals surface area contributed by atoms with Crippen LogP contribution in [0.15, 0.2) is 36.4 Å². The largest absolute Gasteiger partial charge is 0.462 e. The van der Waals surface area contributed by atoms with Gasteiger partial charge in [0.2, 0.25) is 5.91 Å². The number of aromatic nitrogens is 4. The highest BCUT2D eigenvalue weighted by Crippen LogP contribution is 2.23. The molecule has 1 N–H and O–H groups in total. The molecule has 0 spiro atoms. The van der Waals surface area contributed by atoms with Gasteiger partial charge in [-0.1, -0.05) is 13.3 Å². The number of esters is 1. The van der Waals surface area contributed by atoms with Crippen molar-refractivity contribution in [3.63, 3.8) is 0 Å². The van der Waals surface area contributed by atoms with Crippen molar-refractivity contribution in [1.82, 2.24) is 19.8 Å². The second kappa shape index (κ2) is 9.76. The van der Waals surface area contributed by atoms with Crippen LogP contribution in [0.5, 0.6) is 0 Å². The Morgan fingerprint density at radius 1 is 1.16 bits per heavy atom. The molecule has 3 aromatic rings. The predicted octanol–water partition coefficient (Wildman–Crippen LogP) is 3.24. The molecule has 4 rings (SSSR count). The molecule has 2 aromatic heterocycles. The van der Waals surface area contributed by atoms with Gasteiger partial charge >= 0.3 is 5.97 Å². The number of aryl methyl sites for hydroxylation is 1. The number of piperidine rings is 1. The quantitative estimate of drug-likeness (QED) is 0.448. The molecule has 0 radical (unpaired) electrons. The molecule has 1 amide bonds. The summed E-state index contributed by atoms with van der Waals surface area (Å²) in [6.07, 6.45) is 3.54. The summed E-state index contributed by atoms with van der Waals surface area (Å²) in [6.45, 7) is 5.76. The Bertz CT molecular complexity index is 1090. The van der Waals surface area contributed by atoms with Gasteiger partial charge in [0, 0.05) is 18.8 Å². The molecule has 0 saturated carbocycles. The normalized spacial score (nSPS) is 16.2. The number of nitrogens with zero attached hydrogens (tertiary/aromatic N) is 5. The van der Waals surface area contributed by atoms with Crippen molar-refractivity contribution < 1.29 is 14.3 Å². The van der Waals surface area contributed by atoms with E-state index in [4.69, 9.17) is 4.74 Å². The summed E-state index contributed by atoms with van der Waals surface area (Å²) < 4.78 is 6.94. The topological polar surface area (TPSA) is 102 Å². The molecule has 168 valence electrons. The van der Waals surface area contributed by atoms with E-state index in [2.05, 4.69) is 25.5 Å². The first kappa shape index (κ1) is 21.7. The maximum absolute atomic E-state index is 12.9. The van der Waals surface area contributed by atoms with E-state index < -0.39 is 0 Å². The Morgan fingerprint density at radius 3 is 2.75 bits per heavy atom. The number of nitrogens with one attached hydrogen (secondary N) is 1. The summed E-state index contributed by atoms with van der Waals surface area (Å²) in [5.74, 6) is 1.01. The van der Waals surface area contributed by atoms with Gasteiger partial charge in [-0.05, 0) is 62.6 Å². The molecule has 9 nitrogen and oxygen atoms in total. The zero-order valence-corrected chi connectivity index (χ0v) is 18.5. The number of carbonyl (C=O) groups excluding carboxylic acids is 2. The fourth-order valence-corrected chi connectivity index (χ4v) is 3.78. The maximum Gasteiger partial charge on any atom is 0.338 e. The van der Waals surface area contributed by atoms with Crippen molar-refractivity contribution in [2.45, 2.75) is 39.5 Å². The summed E-state index contributed by atoms with van der Waals surface area (Å²) in [5, 5.41) is 15.7. The number of ether oxygens (including phenoxy) is 1. The van der Waals surface area contributed by atoms with E-state index in [1.54, 1.807) is 28.8 Å². The van der Waals surface area contributed by atoms with E-state index in [1.165, 1.54) is 0 Å². The van der Waals surface area contributed by atoms with Crippen molar-refractivity contribution in [2.75, 3.05) is 29.9 Å². The minimum absolute atomic E-state index is 0.0328. The second-order valence-corrected chi connectivity index (χ2v) is 8.05. The van der Waals surface area contributed by atoms with Crippen LogP contribution >= 0.6 is 0 Å². The highest BCUT2D eigenvalue weighted by atomic mass is 16.5. The third-order valence-corrected chi connectivity index (χ3v) is 5.64. The summed E-state index contributed by atoms with van der Waals surface area (Å²) in [5.41, 5.74) is 1.85. The van der Waals surface area contributed by atoms with Crippen molar-refractivity contribution >= 4 is 29.0 Å². The number of hydrogen-bond donors (Lipinski definition) is 1. The van der Waals surface area contributed by atoms with Crippen LogP contribution in [0, 0.1) is 12.8 Å². The number of anilines is 2. The first-order chi connectivity index (χ1) is 15.5. The van der Waals surface area contributed by atoms with Crippen LogP contribution < -0.4 is 10.2 Å². The molecule has 9 heteroatoms. The molecule has 0 aliphatic carbocycles. The molecule has 1 unspecified atom stereocenters. The van der Waals surface area contributed by atoms with Crippen LogP contribution in [0.4, 0.5) is 11.5 Å². The van der Waals surface area contributed by atoms with Gasteiger partial charge in [0.25, 0.3) is 0 Å². The molecule has 1 atom stereocenters. The van der Waals surface area contributed by atoms with Gasteiger partial charge in [-0.3, -0.25) is 4.79 Å². The molecule has 3 heterocycles. The zero-order chi connectivity index (χ0) is 22.5. The summed E-state index contributed by atoms with van der Waals surface area (Å²) in [6, 6.07) is 10.6. The van der Waals surface area contributed by atoms with E-state index in [0.29, 0.717) is 30.0 Å². The van der Waals surface area contributed by atoms with Gasteiger partial charge in [-0.25, -0.2) is 4.79 Å². The molecule has 1 saturated heterocycles. The lowest BCUT2D eigenvalue weighted by atomic mass is 9.97. The SMILES string of the molecule is CCCCOC(=O)c1ccc(NC(=O)C2CCCN(c3ccc4nnc(C)n4n3)C2)cc1. The van der Waals surface area contributed by atoms with Crippen LogP contribution in [-0.2, 0) is 9.53 Å². The van der Waals surface area contributed by atoms with Crippen LogP contribution in [-0.4, -0.2) is 51.4 Å². The fourth-order valence-electron chi connectivity index (χ4n) is 3.78. The number of rotatable bonds is 7. The average molecular weight is 437 g/mol. The van der Waals surface area contributed by atoms with Crippen molar-refractivity contribution in [3.8, 4) is 0 Å². The van der Waals surface area contributed by atoms with Gasteiger partial charge in [0.15, 0.2) is 11.5 Å². The van der Waals surface area contributed by atoms with Crippen molar-refractivity contribution in [1.29, 1.82) is 0 Å². The van der Waals surface area contributed by atoms with Gasteiger partial charge < -0.3 is 15.0 Å². The van der Waals surface area contributed by atoms with E-state index >= 15 is 0 Å². The molecule has 1 aromatic carbocycles. The molecular formula is C23H28N6O3. The average Bonchev–Trinajstić information content (AvgIpc) is 3.20. The summed E-state index contributed by atoms with van der Waals surface area (Å²) in [4.78, 5) is 27.0. The molecule has 1 aliphatic heterocycles. The Kier molecular flexibility index (Phi) is 6.63. The molecular weight excluding hydrogens is 408 g/mol. The lowest BCUT2D eigenvalue weighted by Crippen LogP contribution is -2.41. The minimum atomic E-state index is -0.341. The molecule has 1 aliphatic rings. The third-order valence-electron chi connectivity index (χ3n) is 5.64.